The Morgan fingerprint density at radius 3 is 2.81 bits per heavy atom. The van der Waals surface area contributed by atoms with Gasteiger partial charge in [-0.3, -0.25) is 4.79 Å². The molecule has 1 aliphatic heterocycles. The van der Waals surface area contributed by atoms with Gasteiger partial charge in [0.05, 0.1) is 6.20 Å². The van der Waals surface area contributed by atoms with Gasteiger partial charge in [0.25, 0.3) is 0 Å². The lowest BCUT2D eigenvalue weighted by molar-refractivity contribution is 0.274. The monoisotopic (exact) mass is 284 g/mol. The molecular weight excluding hydrogens is 264 g/mol. The summed E-state index contributed by atoms with van der Waals surface area (Å²) in [6.45, 7) is 6.25. The maximum absolute atomic E-state index is 12.1. The smallest absolute Gasteiger partial charge is 0.223 e. The molecule has 0 atom stereocenters. The van der Waals surface area contributed by atoms with E-state index in [4.69, 9.17) is 4.74 Å². The Kier molecular flexibility index (Phi) is 3.55. The average Bonchev–Trinajstić information content (AvgIpc) is 2.46. The lowest BCUT2D eigenvalue weighted by Crippen LogP contribution is -2.47. The molecule has 3 rings (SSSR count). The first-order valence-electron chi connectivity index (χ1n) is 7.19. The molecule has 2 heterocycles. The first kappa shape index (κ1) is 13.9. The molecule has 21 heavy (non-hydrogen) atoms. The van der Waals surface area contributed by atoms with Gasteiger partial charge >= 0.3 is 0 Å². The number of ether oxygens (including phenoxy) is 1. The highest BCUT2D eigenvalue weighted by molar-refractivity contribution is 5.24. The van der Waals surface area contributed by atoms with Crippen LogP contribution in [0.3, 0.4) is 0 Å². The van der Waals surface area contributed by atoms with Crippen LogP contribution in [-0.4, -0.2) is 10.1 Å². The molecule has 0 bridgehead atoms. The second kappa shape index (κ2) is 5.37. The minimum Gasteiger partial charge on any atom is -0.483 e. The van der Waals surface area contributed by atoms with Crippen LogP contribution in [0.4, 0.5) is 0 Å². The van der Waals surface area contributed by atoms with Crippen LogP contribution >= 0.6 is 0 Å². The second-order valence-corrected chi connectivity index (χ2v) is 6.13. The van der Waals surface area contributed by atoms with E-state index >= 15 is 0 Å². The summed E-state index contributed by atoms with van der Waals surface area (Å²) in [6, 6.07) is 11.5. The average molecular weight is 284 g/mol. The zero-order chi connectivity index (χ0) is 14.9. The SMILES string of the molecule is CC1(C)Cn2cc(OCc3ccccc3)c(=O)cc2CN1. The fourth-order valence-corrected chi connectivity index (χ4v) is 2.55. The van der Waals surface area contributed by atoms with Crippen LogP contribution in [0.5, 0.6) is 5.75 Å². The van der Waals surface area contributed by atoms with E-state index in [0.717, 1.165) is 17.8 Å². The van der Waals surface area contributed by atoms with Gasteiger partial charge in [0.2, 0.25) is 5.43 Å². The number of fused-ring (bicyclic) bond motifs is 1. The van der Waals surface area contributed by atoms with Gasteiger partial charge < -0.3 is 14.6 Å². The highest BCUT2D eigenvalue weighted by Crippen LogP contribution is 2.18. The van der Waals surface area contributed by atoms with Crippen molar-refractivity contribution in [3.05, 3.63) is 64.1 Å². The third kappa shape index (κ3) is 3.16. The number of hydrogen-bond acceptors (Lipinski definition) is 3. The molecule has 0 radical (unpaired) electrons. The number of nitrogens with zero attached hydrogens (tertiary/aromatic N) is 1. The van der Waals surface area contributed by atoms with Crippen molar-refractivity contribution in [2.75, 3.05) is 0 Å². The van der Waals surface area contributed by atoms with Crippen LogP contribution in [0.15, 0.2) is 47.4 Å². The summed E-state index contributed by atoms with van der Waals surface area (Å²) >= 11 is 0. The highest BCUT2D eigenvalue weighted by Gasteiger charge is 2.24. The molecule has 0 aliphatic carbocycles. The minimum absolute atomic E-state index is 0.0266. The van der Waals surface area contributed by atoms with E-state index in [-0.39, 0.29) is 11.0 Å². The van der Waals surface area contributed by atoms with E-state index in [1.54, 1.807) is 6.07 Å². The van der Waals surface area contributed by atoms with Gasteiger partial charge in [-0.2, -0.15) is 0 Å². The van der Waals surface area contributed by atoms with E-state index in [1.165, 1.54) is 0 Å². The summed E-state index contributed by atoms with van der Waals surface area (Å²) < 4.78 is 7.81. The van der Waals surface area contributed by atoms with E-state index in [0.29, 0.717) is 18.9 Å². The van der Waals surface area contributed by atoms with Crippen molar-refractivity contribution in [3.8, 4) is 5.75 Å². The first-order chi connectivity index (χ1) is 10.0. The van der Waals surface area contributed by atoms with Crippen molar-refractivity contribution >= 4 is 0 Å². The Bertz CT molecular complexity index is 690. The highest BCUT2D eigenvalue weighted by atomic mass is 16.5. The van der Waals surface area contributed by atoms with Crippen molar-refractivity contribution in [1.82, 2.24) is 9.88 Å². The maximum atomic E-state index is 12.1. The molecule has 0 spiro atoms. The molecule has 1 N–H and O–H groups in total. The Hall–Kier alpha value is -2.07. The first-order valence-corrected chi connectivity index (χ1v) is 7.19. The van der Waals surface area contributed by atoms with E-state index < -0.39 is 0 Å². The summed E-state index contributed by atoms with van der Waals surface area (Å²) in [7, 11) is 0. The molecule has 1 aromatic heterocycles. The Morgan fingerprint density at radius 1 is 1.29 bits per heavy atom. The van der Waals surface area contributed by atoms with Crippen LogP contribution in [-0.2, 0) is 19.7 Å². The Balaban J connectivity index is 1.82. The van der Waals surface area contributed by atoms with Gasteiger partial charge in [0.1, 0.15) is 6.61 Å². The lowest BCUT2D eigenvalue weighted by Gasteiger charge is -2.34. The standard InChI is InChI=1S/C17H20N2O2/c1-17(2)12-19-10-16(15(20)8-14(19)9-18-17)21-11-13-6-4-3-5-7-13/h3-8,10,18H,9,11-12H2,1-2H3. The van der Waals surface area contributed by atoms with Crippen LogP contribution in [0.25, 0.3) is 0 Å². The molecule has 0 saturated carbocycles. The molecule has 0 saturated heterocycles. The molecule has 4 heteroatoms. The summed E-state index contributed by atoms with van der Waals surface area (Å²) in [5, 5.41) is 3.42. The van der Waals surface area contributed by atoms with Crippen LogP contribution < -0.4 is 15.5 Å². The topological polar surface area (TPSA) is 43.3 Å². The van der Waals surface area contributed by atoms with E-state index in [2.05, 4.69) is 23.7 Å². The molecule has 110 valence electrons. The molecule has 4 nitrogen and oxygen atoms in total. The second-order valence-electron chi connectivity index (χ2n) is 6.13. The summed E-state index contributed by atoms with van der Waals surface area (Å²) in [5.74, 6) is 0.417. The van der Waals surface area contributed by atoms with Crippen molar-refractivity contribution in [2.45, 2.75) is 39.1 Å². The minimum atomic E-state index is -0.0568. The number of pyridine rings is 1. The lowest BCUT2D eigenvalue weighted by atomic mass is 10.0. The predicted octanol–water partition coefficient (Wildman–Crippen LogP) is 2.31. The predicted molar refractivity (Wildman–Crippen MR) is 82.4 cm³/mol. The third-order valence-corrected chi connectivity index (χ3v) is 3.73. The number of rotatable bonds is 3. The van der Waals surface area contributed by atoms with Crippen LogP contribution in [0.1, 0.15) is 25.1 Å². The van der Waals surface area contributed by atoms with Gasteiger partial charge in [-0.1, -0.05) is 30.3 Å². The van der Waals surface area contributed by atoms with Crippen molar-refractivity contribution in [3.63, 3.8) is 0 Å². The molecular formula is C17H20N2O2. The molecule has 2 aromatic rings. The van der Waals surface area contributed by atoms with E-state index in [9.17, 15) is 4.79 Å². The third-order valence-electron chi connectivity index (χ3n) is 3.73. The van der Waals surface area contributed by atoms with Crippen molar-refractivity contribution in [2.24, 2.45) is 0 Å². The van der Waals surface area contributed by atoms with E-state index in [1.807, 2.05) is 36.5 Å². The molecule has 1 aromatic carbocycles. The number of hydrogen-bond donors (Lipinski definition) is 1. The van der Waals surface area contributed by atoms with Gasteiger partial charge in [-0.05, 0) is 19.4 Å². The fraction of sp³-hybridized carbons (Fsp3) is 0.353. The number of aromatic nitrogens is 1. The van der Waals surface area contributed by atoms with Crippen LogP contribution in [0, 0.1) is 0 Å². The number of benzene rings is 1. The molecule has 0 amide bonds. The van der Waals surface area contributed by atoms with Crippen molar-refractivity contribution in [1.29, 1.82) is 0 Å². The quantitative estimate of drug-likeness (QED) is 0.940. The Morgan fingerprint density at radius 2 is 2.05 bits per heavy atom. The number of nitrogens with one attached hydrogen (secondary N) is 1. The fourth-order valence-electron chi connectivity index (χ4n) is 2.55. The van der Waals surface area contributed by atoms with Gasteiger partial charge in [0.15, 0.2) is 5.75 Å². The summed E-state index contributed by atoms with van der Waals surface area (Å²) in [4.78, 5) is 12.1. The van der Waals surface area contributed by atoms with Crippen LogP contribution in [0.2, 0.25) is 0 Å². The molecule has 0 fully saturated rings. The normalized spacial score (nSPS) is 16.3. The Labute approximate surface area is 124 Å². The maximum Gasteiger partial charge on any atom is 0.223 e. The summed E-state index contributed by atoms with van der Waals surface area (Å²) in [5.41, 5.74) is 2.03. The van der Waals surface area contributed by atoms with Gasteiger partial charge in [-0.25, -0.2) is 0 Å². The molecule has 1 aliphatic rings. The van der Waals surface area contributed by atoms with Crippen molar-refractivity contribution < 1.29 is 4.74 Å². The van der Waals surface area contributed by atoms with Gasteiger partial charge in [-0.15, -0.1) is 0 Å². The summed E-state index contributed by atoms with van der Waals surface area (Å²) in [6.07, 6.45) is 1.84. The zero-order valence-corrected chi connectivity index (χ0v) is 12.4. The zero-order valence-electron chi connectivity index (χ0n) is 12.4. The van der Waals surface area contributed by atoms with Gasteiger partial charge in [0, 0.05) is 30.4 Å². The largest absolute Gasteiger partial charge is 0.483 e. The molecule has 0 unspecified atom stereocenters.